The summed E-state index contributed by atoms with van der Waals surface area (Å²) >= 11 is 0. The summed E-state index contributed by atoms with van der Waals surface area (Å²) < 4.78 is 43.5. The van der Waals surface area contributed by atoms with Crippen LogP contribution in [-0.2, 0) is 19.7 Å². The maximum Gasteiger partial charge on any atom is 0.274 e. The number of benzene rings is 1. The maximum absolute atomic E-state index is 13.6. The number of aliphatic hydroxyl groups is 1. The Morgan fingerprint density at radius 3 is 2.32 bits per heavy atom. The van der Waals surface area contributed by atoms with Crippen LogP contribution in [-0.4, -0.2) is 30.3 Å². The summed E-state index contributed by atoms with van der Waals surface area (Å²) in [7, 11) is 3.35. The molecule has 2 atom stereocenters. The number of nitrogens with zero attached hydrogens (tertiary/aromatic N) is 3. The molecule has 8 nitrogen and oxygen atoms in total. The van der Waals surface area contributed by atoms with E-state index in [1.54, 1.807) is 23.3 Å². The van der Waals surface area contributed by atoms with Gasteiger partial charge in [-0.2, -0.15) is 0 Å². The molecule has 0 radical (unpaired) electrons. The quantitative estimate of drug-likeness (QED) is 0.505. The lowest BCUT2D eigenvalue weighted by atomic mass is 9.90. The number of rotatable bonds is 4. The number of hydrogen-bond donors (Lipinski definition) is 3. The Labute approximate surface area is 192 Å². The van der Waals surface area contributed by atoms with Crippen molar-refractivity contribution in [3.05, 3.63) is 69.4 Å². The van der Waals surface area contributed by atoms with Gasteiger partial charge in [0, 0.05) is 43.9 Å². The van der Waals surface area contributed by atoms with E-state index >= 15 is 0 Å². The molecule has 2 aliphatic rings. The van der Waals surface area contributed by atoms with Crippen LogP contribution in [0, 0.1) is 29.3 Å². The van der Waals surface area contributed by atoms with Crippen LogP contribution in [0.15, 0.2) is 29.3 Å². The fourth-order valence-electron chi connectivity index (χ4n) is 5.86. The van der Waals surface area contributed by atoms with Gasteiger partial charge in [-0.05, 0) is 37.5 Å². The summed E-state index contributed by atoms with van der Waals surface area (Å²) in [4.78, 5) is 29.1. The number of carbonyl (C=O) groups excluding carboxylic acids is 1. The Morgan fingerprint density at radius 2 is 1.76 bits per heavy atom. The molecule has 0 bridgehead atoms. The molecule has 1 aromatic carbocycles. The van der Waals surface area contributed by atoms with Crippen molar-refractivity contribution in [3.8, 4) is 0 Å². The number of aromatic amines is 1. The minimum Gasteiger partial charge on any atom is -0.384 e. The van der Waals surface area contributed by atoms with Gasteiger partial charge in [-0.15, -0.1) is 0 Å². The van der Waals surface area contributed by atoms with Crippen LogP contribution < -0.4 is 10.9 Å². The molecule has 0 spiro atoms. The molecule has 2 aliphatic carbocycles. The average molecular weight is 475 g/mol. The summed E-state index contributed by atoms with van der Waals surface area (Å²) in [5.41, 5.74) is -0.131. The number of imidazole rings is 1. The first-order chi connectivity index (χ1) is 16.1. The van der Waals surface area contributed by atoms with Crippen LogP contribution in [0.2, 0.25) is 0 Å². The summed E-state index contributed by atoms with van der Waals surface area (Å²) in [5.74, 6) is -4.63. The van der Waals surface area contributed by atoms with E-state index in [1.807, 2.05) is 0 Å². The zero-order valence-electron chi connectivity index (χ0n) is 18.6. The molecule has 3 aromatic rings. The van der Waals surface area contributed by atoms with E-state index in [-0.39, 0.29) is 34.7 Å². The standard InChI is InChI=1S/C23H24F3N5O3/c1-30-10-27-20(21(30)22(33)28-14-5-15(24)19(26)16(25)6-14)11-3-12-8-23(34,9-13(12)4-11)17-7-18(32)29-31(17)2/h5-7,10-13,34H,3-4,8-9H2,1-2H3,(H,28,33)(H,29,32). The number of aryl methyl sites for hydroxylation is 2. The predicted octanol–water partition coefficient (Wildman–Crippen LogP) is 2.91. The van der Waals surface area contributed by atoms with Crippen molar-refractivity contribution in [1.82, 2.24) is 19.3 Å². The molecule has 0 saturated heterocycles. The number of amides is 1. The zero-order valence-corrected chi connectivity index (χ0v) is 18.6. The molecule has 0 aliphatic heterocycles. The van der Waals surface area contributed by atoms with Crippen molar-refractivity contribution < 1.29 is 23.1 Å². The van der Waals surface area contributed by atoms with Gasteiger partial charge in [-0.1, -0.05) is 0 Å². The van der Waals surface area contributed by atoms with E-state index in [1.165, 1.54) is 12.4 Å². The number of hydrogen-bond acceptors (Lipinski definition) is 4. The Bertz CT molecular complexity index is 1310. The van der Waals surface area contributed by atoms with Crippen molar-refractivity contribution in [3.63, 3.8) is 0 Å². The van der Waals surface area contributed by atoms with E-state index in [0.717, 1.165) is 12.1 Å². The van der Waals surface area contributed by atoms with Gasteiger partial charge in [0.25, 0.3) is 11.5 Å². The Hall–Kier alpha value is -3.34. The number of carbonyl (C=O) groups is 1. The van der Waals surface area contributed by atoms with Crippen molar-refractivity contribution in [2.75, 3.05) is 5.32 Å². The lowest BCUT2D eigenvalue weighted by molar-refractivity contribution is 0.0263. The first-order valence-corrected chi connectivity index (χ1v) is 11.0. The third kappa shape index (κ3) is 3.64. The summed E-state index contributed by atoms with van der Waals surface area (Å²) in [5, 5.41) is 16.3. The van der Waals surface area contributed by atoms with Crippen molar-refractivity contribution >= 4 is 11.6 Å². The maximum atomic E-state index is 13.6. The normalized spacial score (nSPS) is 26.1. The molecule has 2 heterocycles. The number of fused-ring (bicyclic) bond motifs is 1. The second-order valence-electron chi connectivity index (χ2n) is 9.49. The lowest BCUT2D eigenvalue weighted by Gasteiger charge is -2.25. The second-order valence-corrected chi connectivity index (χ2v) is 9.49. The first kappa shape index (κ1) is 22.5. The Morgan fingerprint density at radius 1 is 1.15 bits per heavy atom. The molecule has 3 N–H and O–H groups in total. The molecule has 34 heavy (non-hydrogen) atoms. The summed E-state index contributed by atoms with van der Waals surface area (Å²) in [6, 6.07) is 2.88. The van der Waals surface area contributed by atoms with Crippen LogP contribution in [0.1, 0.15) is 53.5 Å². The first-order valence-electron chi connectivity index (χ1n) is 11.0. The van der Waals surface area contributed by atoms with Crippen molar-refractivity contribution in [1.29, 1.82) is 0 Å². The molecular weight excluding hydrogens is 451 g/mol. The van der Waals surface area contributed by atoms with E-state index in [9.17, 15) is 27.9 Å². The van der Waals surface area contributed by atoms with Crippen LogP contribution in [0.25, 0.3) is 0 Å². The van der Waals surface area contributed by atoms with Gasteiger partial charge in [0.15, 0.2) is 17.5 Å². The number of halogens is 3. The molecule has 5 rings (SSSR count). The van der Waals surface area contributed by atoms with Crippen LogP contribution in [0.4, 0.5) is 18.9 Å². The predicted molar refractivity (Wildman–Crippen MR) is 116 cm³/mol. The monoisotopic (exact) mass is 475 g/mol. The number of nitrogens with one attached hydrogen (secondary N) is 2. The minimum atomic E-state index is -1.60. The SMILES string of the molecule is Cn1cnc(C2CC3CC(O)(c4cc(=O)[nH]n4C)CC3C2)c1C(=O)Nc1cc(F)c(F)c(F)c1. The molecular formula is C23H24F3N5O3. The highest BCUT2D eigenvalue weighted by molar-refractivity contribution is 6.04. The highest BCUT2D eigenvalue weighted by Crippen LogP contribution is 2.56. The van der Waals surface area contributed by atoms with E-state index < -0.39 is 29.0 Å². The van der Waals surface area contributed by atoms with Crippen LogP contribution in [0.5, 0.6) is 0 Å². The molecule has 1 amide bonds. The summed E-state index contributed by atoms with van der Waals surface area (Å²) in [6.07, 6.45) is 3.94. The smallest absolute Gasteiger partial charge is 0.274 e. The minimum absolute atomic E-state index is 0.0294. The summed E-state index contributed by atoms with van der Waals surface area (Å²) in [6.45, 7) is 0. The fraction of sp³-hybridized carbons (Fsp3) is 0.435. The average Bonchev–Trinajstić information content (AvgIpc) is 3.48. The van der Waals surface area contributed by atoms with E-state index in [2.05, 4.69) is 15.4 Å². The number of H-pyrrole nitrogens is 1. The van der Waals surface area contributed by atoms with E-state index in [4.69, 9.17) is 0 Å². The second kappa shape index (κ2) is 7.86. The third-order valence-corrected chi connectivity index (χ3v) is 7.23. The highest BCUT2D eigenvalue weighted by atomic mass is 19.2. The zero-order chi connectivity index (χ0) is 24.4. The van der Waals surface area contributed by atoms with Crippen molar-refractivity contribution in [2.45, 2.75) is 37.2 Å². The van der Waals surface area contributed by atoms with Gasteiger partial charge in [0.05, 0.1) is 17.7 Å². The largest absolute Gasteiger partial charge is 0.384 e. The molecule has 2 fully saturated rings. The van der Waals surface area contributed by atoms with Gasteiger partial charge >= 0.3 is 0 Å². The molecule has 180 valence electrons. The van der Waals surface area contributed by atoms with E-state index in [0.29, 0.717) is 37.1 Å². The van der Waals surface area contributed by atoms with Crippen molar-refractivity contribution in [2.24, 2.45) is 25.9 Å². The van der Waals surface area contributed by atoms with Gasteiger partial charge in [-0.3, -0.25) is 19.4 Å². The van der Waals surface area contributed by atoms with Gasteiger partial charge in [0.1, 0.15) is 11.3 Å². The number of anilines is 1. The Balaban J connectivity index is 1.34. The third-order valence-electron chi connectivity index (χ3n) is 7.23. The fourth-order valence-corrected chi connectivity index (χ4v) is 5.86. The molecule has 11 heteroatoms. The molecule has 2 unspecified atom stereocenters. The molecule has 2 aromatic heterocycles. The van der Waals surface area contributed by atoms with Gasteiger partial charge < -0.3 is 15.0 Å². The van der Waals surface area contributed by atoms with Crippen LogP contribution >= 0.6 is 0 Å². The lowest BCUT2D eigenvalue weighted by Crippen LogP contribution is -2.26. The van der Waals surface area contributed by atoms with Crippen LogP contribution in [0.3, 0.4) is 0 Å². The van der Waals surface area contributed by atoms with Gasteiger partial charge in [-0.25, -0.2) is 18.2 Å². The molecule has 2 saturated carbocycles. The highest BCUT2D eigenvalue weighted by Gasteiger charge is 2.51. The van der Waals surface area contributed by atoms with Gasteiger partial charge in [0.2, 0.25) is 0 Å². The Kier molecular flexibility index (Phi) is 5.19. The topological polar surface area (TPSA) is 105 Å². The number of aromatic nitrogens is 4.